The van der Waals surface area contributed by atoms with E-state index in [9.17, 15) is 9.59 Å². The molecule has 0 aromatic heterocycles. The monoisotopic (exact) mass is 640 g/mol. The summed E-state index contributed by atoms with van der Waals surface area (Å²) in [5.74, 6) is 11.1. The van der Waals surface area contributed by atoms with Crippen LogP contribution in [0.25, 0.3) is 0 Å². The van der Waals surface area contributed by atoms with Gasteiger partial charge in [0.2, 0.25) is 10.2 Å². The van der Waals surface area contributed by atoms with Gasteiger partial charge in [-0.15, -0.1) is 47.0 Å². The lowest BCUT2D eigenvalue weighted by atomic mass is 9.83. The fourth-order valence-electron chi connectivity index (χ4n) is 4.32. The van der Waals surface area contributed by atoms with Gasteiger partial charge in [0.1, 0.15) is 0 Å². The van der Waals surface area contributed by atoms with Gasteiger partial charge < -0.3 is 0 Å². The number of thioether (sulfide) groups is 8. The molecule has 204 valence electrons. The van der Waals surface area contributed by atoms with Crippen LogP contribution in [0.5, 0.6) is 0 Å². The molecule has 2 saturated heterocycles. The van der Waals surface area contributed by atoms with Gasteiger partial charge in [-0.05, 0) is 67.6 Å². The van der Waals surface area contributed by atoms with Crippen LogP contribution in [0.3, 0.4) is 0 Å². The van der Waals surface area contributed by atoms with Gasteiger partial charge >= 0.3 is 0 Å². The van der Waals surface area contributed by atoms with Crippen molar-refractivity contribution in [2.45, 2.75) is 59.2 Å². The summed E-state index contributed by atoms with van der Waals surface area (Å²) in [5.41, 5.74) is 1.33. The first-order chi connectivity index (χ1) is 17.3. The molecule has 3 rings (SSSR count). The van der Waals surface area contributed by atoms with Crippen molar-refractivity contribution in [1.82, 2.24) is 0 Å². The van der Waals surface area contributed by atoms with Gasteiger partial charge in [-0.3, -0.25) is 9.59 Å². The molecule has 1 saturated carbocycles. The third-order valence-electron chi connectivity index (χ3n) is 6.23. The van der Waals surface area contributed by atoms with Crippen LogP contribution in [0.15, 0.2) is 24.3 Å². The van der Waals surface area contributed by atoms with E-state index in [1.807, 2.05) is 0 Å². The molecule has 1 aliphatic carbocycles. The van der Waals surface area contributed by atoms with Gasteiger partial charge in [0.25, 0.3) is 0 Å². The number of carbonyl (C=O) groups is 2. The van der Waals surface area contributed by atoms with E-state index in [0.717, 1.165) is 23.3 Å². The van der Waals surface area contributed by atoms with Gasteiger partial charge in [-0.1, -0.05) is 43.1 Å². The molecule has 6 unspecified atom stereocenters. The predicted octanol–water partition coefficient (Wildman–Crippen LogP) is 8.28. The fourth-order valence-corrected chi connectivity index (χ4v) is 16.6. The lowest BCUT2D eigenvalue weighted by Gasteiger charge is -2.29. The second-order valence-electron chi connectivity index (χ2n) is 9.77. The minimum absolute atomic E-state index is 0.152. The van der Waals surface area contributed by atoms with E-state index in [1.165, 1.54) is 83.7 Å². The summed E-state index contributed by atoms with van der Waals surface area (Å²) in [6, 6.07) is 0. The van der Waals surface area contributed by atoms with Crippen molar-refractivity contribution in [3.8, 4) is 0 Å². The summed E-state index contributed by atoms with van der Waals surface area (Å²) in [6.07, 6.45) is 5.65. The third-order valence-corrected chi connectivity index (χ3v) is 19.0. The van der Waals surface area contributed by atoms with Gasteiger partial charge in [0.15, 0.2) is 0 Å². The van der Waals surface area contributed by atoms with E-state index in [0.29, 0.717) is 30.8 Å². The minimum atomic E-state index is 0.152. The first-order valence-corrected chi connectivity index (χ1v) is 20.9. The molecule has 2 heterocycles. The zero-order valence-corrected chi connectivity index (χ0v) is 28.0. The van der Waals surface area contributed by atoms with Crippen molar-refractivity contribution in [3.63, 3.8) is 0 Å². The topological polar surface area (TPSA) is 34.1 Å². The highest BCUT2D eigenvalue weighted by Crippen LogP contribution is 2.43. The summed E-state index contributed by atoms with van der Waals surface area (Å²) in [4.78, 5) is 23.6. The highest BCUT2D eigenvalue weighted by Gasteiger charge is 2.29. The zero-order valence-electron chi connectivity index (χ0n) is 21.4. The van der Waals surface area contributed by atoms with Gasteiger partial charge in [-0.2, -0.15) is 23.5 Å². The maximum absolute atomic E-state index is 11.8. The van der Waals surface area contributed by atoms with E-state index in [1.54, 1.807) is 13.8 Å². The molecule has 2 aliphatic heterocycles. The lowest BCUT2D eigenvalue weighted by molar-refractivity contribution is -0.108. The number of hydrogen-bond acceptors (Lipinski definition) is 10. The van der Waals surface area contributed by atoms with Crippen LogP contribution in [0, 0.1) is 11.8 Å². The van der Waals surface area contributed by atoms with Gasteiger partial charge in [-0.25, -0.2) is 0 Å². The quantitative estimate of drug-likeness (QED) is 0.173. The molecule has 0 amide bonds. The van der Waals surface area contributed by atoms with E-state index in [-0.39, 0.29) is 10.2 Å². The third kappa shape index (κ3) is 12.0. The fraction of sp³-hybridized carbons (Fsp3) is 0.769. The molecular formula is C26H40O2S8. The first kappa shape index (κ1) is 32.1. The molecular weight excluding hydrogens is 601 g/mol. The number of carbonyl (C=O) groups excluding carboxylic acids is 2. The molecule has 0 bridgehead atoms. The largest absolute Gasteiger partial charge is 0.282 e. The molecule has 0 spiro atoms. The molecule has 3 aliphatic rings. The zero-order chi connectivity index (χ0) is 25.9. The second-order valence-corrected chi connectivity index (χ2v) is 20.0. The van der Waals surface area contributed by atoms with Crippen LogP contribution < -0.4 is 0 Å². The Bertz CT molecular complexity index is 700. The minimum Gasteiger partial charge on any atom is -0.282 e. The molecule has 36 heavy (non-hydrogen) atoms. The van der Waals surface area contributed by atoms with E-state index in [2.05, 4.69) is 83.7 Å². The number of hydrogen-bond donors (Lipinski definition) is 0. The SMILES string of the molecule is C=C(C)C(=O)SCC1CSC(CSCC2CCCC(CSCC3SCC(CSC(=O)C(=C)C)S3)C2)S1. The van der Waals surface area contributed by atoms with Crippen LogP contribution in [-0.4, -0.2) is 75.9 Å². The summed E-state index contributed by atoms with van der Waals surface area (Å²) in [7, 11) is 0. The predicted molar refractivity (Wildman–Crippen MR) is 180 cm³/mol. The van der Waals surface area contributed by atoms with E-state index >= 15 is 0 Å². The average Bonchev–Trinajstić information content (AvgIpc) is 3.50. The van der Waals surface area contributed by atoms with Crippen molar-refractivity contribution in [3.05, 3.63) is 24.3 Å². The van der Waals surface area contributed by atoms with Crippen molar-refractivity contribution < 1.29 is 9.59 Å². The molecule has 6 atom stereocenters. The van der Waals surface area contributed by atoms with Crippen LogP contribution in [0.2, 0.25) is 0 Å². The Balaban J connectivity index is 1.22. The van der Waals surface area contributed by atoms with E-state index in [4.69, 9.17) is 0 Å². The smallest absolute Gasteiger partial charge is 0.214 e. The Morgan fingerprint density at radius 2 is 1.17 bits per heavy atom. The molecule has 0 aromatic carbocycles. The maximum atomic E-state index is 11.8. The molecule has 2 nitrogen and oxygen atoms in total. The summed E-state index contributed by atoms with van der Waals surface area (Å²) in [5, 5.41) is 1.52. The van der Waals surface area contributed by atoms with Crippen LogP contribution in [0.1, 0.15) is 39.5 Å². The molecule has 0 radical (unpaired) electrons. The molecule has 0 N–H and O–H groups in total. The van der Waals surface area contributed by atoms with Crippen molar-refractivity contribution >= 4 is 104 Å². The van der Waals surface area contributed by atoms with E-state index < -0.39 is 0 Å². The summed E-state index contributed by atoms with van der Waals surface area (Å²) in [6.45, 7) is 11.1. The molecule has 0 aromatic rings. The molecule has 3 fully saturated rings. The normalized spacial score (nSPS) is 30.4. The Kier molecular flexibility index (Phi) is 15.6. The first-order valence-electron chi connectivity index (χ1n) is 12.6. The Morgan fingerprint density at radius 3 is 1.58 bits per heavy atom. The van der Waals surface area contributed by atoms with Gasteiger partial charge in [0, 0.05) is 45.0 Å². The van der Waals surface area contributed by atoms with Crippen LogP contribution >= 0.6 is 94.1 Å². The Hall–Kier alpha value is 1.62. The second kappa shape index (κ2) is 17.4. The standard InChI is InChI=1S/C26H40O2S8/c1-17(2)25(27)33-13-21-11-31-23(35-21)15-29-9-19-6-5-7-20(8-19)10-30-16-24-32-12-22(36-24)14-34-26(28)18(3)4/h19-24H,1,3,5-16H2,2,4H3. The number of rotatable bonds is 14. The lowest BCUT2D eigenvalue weighted by Crippen LogP contribution is -2.20. The van der Waals surface area contributed by atoms with Crippen LogP contribution in [-0.2, 0) is 9.59 Å². The summed E-state index contributed by atoms with van der Waals surface area (Å²) < 4.78 is 1.39. The average molecular weight is 641 g/mol. The Morgan fingerprint density at radius 1 is 0.722 bits per heavy atom. The summed E-state index contributed by atoms with van der Waals surface area (Å²) >= 11 is 15.6. The van der Waals surface area contributed by atoms with Crippen molar-refractivity contribution in [1.29, 1.82) is 0 Å². The van der Waals surface area contributed by atoms with Crippen molar-refractivity contribution in [2.75, 3.05) is 46.0 Å². The van der Waals surface area contributed by atoms with Gasteiger partial charge in [0.05, 0.1) is 9.16 Å². The molecule has 10 heteroatoms. The maximum Gasteiger partial charge on any atom is 0.214 e. The van der Waals surface area contributed by atoms with Crippen molar-refractivity contribution in [2.24, 2.45) is 11.8 Å². The Labute approximate surface area is 253 Å². The van der Waals surface area contributed by atoms with Crippen LogP contribution in [0.4, 0.5) is 0 Å². The highest BCUT2D eigenvalue weighted by molar-refractivity contribution is 8.23. The highest BCUT2D eigenvalue weighted by atomic mass is 32.2.